The number of benzene rings is 1. The van der Waals surface area contributed by atoms with E-state index in [0.717, 1.165) is 25.4 Å². The molecule has 0 aliphatic carbocycles. The van der Waals surface area contributed by atoms with Gasteiger partial charge in [0, 0.05) is 18.7 Å². The third-order valence-corrected chi connectivity index (χ3v) is 2.72. The maximum Gasteiger partial charge on any atom is 0.123 e. The monoisotopic (exact) mass is 191 g/mol. The van der Waals surface area contributed by atoms with Crippen molar-refractivity contribution in [3.05, 3.63) is 29.3 Å². The van der Waals surface area contributed by atoms with Crippen LogP contribution in [0.5, 0.6) is 5.75 Å². The highest BCUT2D eigenvalue weighted by Gasteiger charge is 2.19. The van der Waals surface area contributed by atoms with Gasteiger partial charge in [-0.2, -0.15) is 0 Å². The van der Waals surface area contributed by atoms with Crippen molar-refractivity contribution in [1.82, 2.24) is 5.32 Å². The van der Waals surface area contributed by atoms with Gasteiger partial charge in [-0.05, 0) is 24.5 Å². The van der Waals surface area contributed by atoms with Gasteiger partial charge < -0.3 is 10.1 Å². The van der Waals surface area contributed by atoms with Gasteiger partial charge in [0.25, 0.3) is 0 Å². The Bertz CT molecular complexity index is 322. The summed E-state index contributed by atoms with van der Waals surface area (Å²) in [6.45, 7) is 7.05. The molecule has 76 valence electrons. The minimum atomic E-state index is 0.557. The molecule has 1 atom stereocenters. The molecular weight excluding hydrogens is 174 g/mol. The Labute approximate surface area is 85.3 Å². The maximum absolute atomic E-state index is 5.65. The van der Waals surface area contributed by atoms with Gasteiger partial charge >= 0.3 is 0 Å². The van der Waals surface area contributed by atoms with Crippen LogP contribution in [0.2, 0.25) is 0 Å². The summed E-state index contributed by atoms with van der Waals surface area (Å²) in [6, 6.07) is 6.33. The van der Waals surface area contributed by atoms with E-state index in [-0.39, 0.29) is 0 Å². The Hall–Kier alpha value is -1.02. The summed E-state index contributed by atoms with van der Waals surface area (Å²) in [4.78, 5) is 0. The third-order valence-electron chi connectivity index (χ3n) is 2.72. The van der Waals surface area contributed by atoms with Gasteiger partial charge in [0.1, 0.15) is 5.75 Å². The first-order valence-corrected chi connectivity index (χ1v) is 5.28. The summed E-state index contributed by atoms with van der Waals surface area (Å²) < 4.78 is 5.65. The van der Waals surface area contributed by atoms with E-state index in [0.29, 0.717) is 5.92 Å². The molecule has 0 aromatic heterocycles. The molecule has 1 aromatic rings. The number of hydrogen-bond acceptors (Lipinski definition) is 2. The lowest BCUT2D eigenvalue weighted by Gasteiger charge is -2.25. The fourth-order valence-electron chi connectivity index (χ4n) is 2.11. The van der Waals surface area contributed by atoms with Gasteiger partial charge in [0.05, 0.1) is 6.61 Å². The van der Waals surface area contributed by atoms with E-state index in [1.807, 2.05) is 6.92 Å². The topological polar surface area (TPSA) is 21.3 Å². The lowest BCUT2D eigenvalue weighted by atomic mass is 9.91. The van der Waals surface area contributed by atoms with Crippen molar-refractivity contribution in [3.8, 4) is 5.75 Å². The van der Waals surface area contributed by atoms with Gasteiger partial charge in [-0.1, -0.05) is 19.1 Å². The average molecular weight is 191 g/mol. The molecule has 0 fully saturated rings. The zero-order valence-electron chi connectivity index (χ0n) is 8.84. The molecule has 1 aliphatic rings. The van der Waals surface area contributed by atoms with Crippen molar-refractivity contribution in [2.45, 2.75) is 26.3 Å². The quantitative estimate of drug-likeness (QED) is 0.774. The van der Waals surface area contributed by atoms with Crippen LogP contribution in [-0.2, 0) is 6.54 Å². The fraction of sp³-hybridized carbons (Fsp3) is 0.500. The van der Waals surface area contributed by atoms with Gasteiger partial charge in [-0.3, -0.25) is 0 Å². The van der Waals surface area contributed by atoms with Crippen molar-refractivity contribution in [3.63, 3.8) is 0 Å². The van der Waals surface area contributed by atoms with E-state index >= 15 is 0 Å². The van der Waals surface area contributed by atoms with Crippen LogP contribution >= 0.6 is 0 Å². The molecular formula is C12H17NO. The molecule has 0 saturated carbocycles. The molecule has 1 N–H and O–H groups in total. The molecule has 0 radical (unpaired) electrons. The third kappa shape index (κ3) is 1.62. The predicted octanol–water partition coefficient (Wildman–Crippen LogP) is 2.29. The summed E-state index contributed by atoms with van der Waals surface area (Å²) in [7, 11) is 0. The fourth-order valence-corrected chi connectivity index (χ4v) is 2.11. The molecule has 2 rings (SSSR count). The lowest BCUT2D eigenvalue weighted by Crippen LogP contribution is -2.27. The largest absolute Gasteiger partial charge is 0.494 e. The van der Waals surface area contributed by atoms with Crippen molar-refractivity contribution in [1.29, 1.82) is 0 Å². The normalized spacial score (nSPS) is 20.3. The Morgan fingerprint density at radius 3 is 3.14 bits per heavy atom. The van der Waals surface area contributed by atoms with E-state index in [2.05, 4.69) is 30.4 Å². The number of fused-ring (bicyclic) bond motifs is 1. The molecule has 1 heterocycles. The second-order valence-electron chi connectivity index (χ2n) is 3.79. The first-order chi connectivity index (χ1) is 6.83. The molecule has 1 aromatic carbocycles. The average Bonchev–Trinajstić information content (AvgIpc) is 2.19. The molecule has 0 spiro atoms. The molecule has 14 heavy (non-hydrogen) atoms. The standard InChI is InChI=1S/C12H17NO/c1-3-14-11-6-4-5-10-8-13-7-9(2)12(10)11/h4-6,9,13H,3,7-8H2,1-2H3. The summed E-state index contributed by atoms with van der Waals surface area (Å²) >= 11 is 0. The molecule has 2 nitrogen and oxygen atoms in total. The highest BCUT2D eigenvalue weighted by molar-refractivity contribution is 5.44. The van der Waals surface area contributed by atoms with Crippen LogP contribution in [0, 0.1) is 0 Å². The number of rotatable bonds is 2. The zero-order valence-corrected chi connectivity index (χ0v) is 8.84. The smallest absolute Gasteiger partial charge is 0.123 e. The van der Waals surface area contributed by atoms with Gasteiger partial charge in [-0.15, -0.1) is 0 Å². The molecule has 1 aliphatic heterocycles. The van der Waals surface area contributed by atoms with Gasteiger partial charge in [-0.25, -0.2) is 0 Å². The Morgan fingerprint density at radius 2 is 2.36 bits per heavy atom. The van der Waals surface area contributed by atoms with Crippen LogP contribution in [0.25, 0.3) is 0 Å². The van der Waals surface area contributed by atoms with Crippen LogP contribution in [0.1, 0.15) is 30.9 Å². The van der Waals surface area contributed by atoms with E-state index < -0.39 is 0 Å². The summed E-state index contributed by atoms with van der Waals surface area (Å²) in [5, 5.41) is 3.40. The van der Waals surface area contributed by atoms with Crippen LogP contribution in [0.3, 0.4) is 0 Å². The highest BCUT2D eigenvalue weighted by atomic mass is 16.5. The molecule has 0 amide bonds. The number of hydrogen-bond donors (Lipinski definition) is 1. The van der Waals surface area contributed by atoms with E-state index in [1.165, 1.54) is 11.1 Å². The minimum Gasteiger partial charge on any atom is -0.494 e. The van der Waals surface area contributed by atoms with E-state index in [4.69, 9.17) is 4.74 Å². The van der Waals surface area contributed by atoms with Crippen LogP contribution < -0.4 is 10.1 Å². The van der Waals surface area contributed by atoms with Crippen LogP contribution in [0.15, 0.2) is 18.2 Å². The molecule has 2 heteroatoms. The van der Waals surface area contributed by atoms with Crippen molar-refractivity contribution in [2.75, 3.05) is 13.2 Å². The Morgan fingerprint density at radius 1 is 1.50 bits per heavy atom. The summed E-state index contributed by atoms with van der Waals surface area (Å²) in [5.74, 6) is 1.63. The van der Waals surface area contributed by atoms with Gasteiger partial charge in [0.15, 0.2) is 0 Å². The highest BCUT2D eigenvalue weighted by Crippen LogP contribution is 2.32. The molecule has 0 bridgehead atoms. The van der Waals surface area contributed by atoms with Crippen molar-refractivity contribution >= 4 is 0 Å². The van der Waals surface area contributed by atoms with Crippen molar-refractivity contribution in [2.24, 2.45) is 0 Å². The second-order valence-corrected chi connectivity index (χ2v) is 3.79. The van der Waals surface area contributed by atoms with Crippen molar-refractivity contribution < 1.29 is 4.74 Å². The lowest BCUT2D eigenvalue weighted by molar-refractivity contribution is 0.331. The Kier molecular flexibility index (Phi) is 2.73. The number of nitrogens with one attached hydrogen (secondary N) is 1. The first kappa shape index (κ1) is 9.53. The zero-order chi connectivity index (χ0) is 9.97. The van der Waals surface area contributed by atoms with Crippen LogP contribution in [0.4, 0.5) is 0 Å². The predicted molar refractivity (Wildman–Crippen MR) is 57.7 cm³/mol. The van der Waals surface area contributed by atoms with E-state index in [1.54, 1.807) is 0 Å². The summed E-state index contributed by atoms with van der Waals surface area (Å²) in [5.41, 5.74) is 2.78. The minimum absolute atomic E-state index is 0.557. The first-order valence-electron chi connectivity index (χ1n) is 5.28. The molecule has 1 unspecified atom stereocenters. The van der Waals surface area contributed by atoms with E-state index in [9.17, 15) is 0 Å². The maximum atomic E-state index is 5.65. The Balaban J connectivity index is 2.41. The summed E-state index contributed by atoms with van der Waals surface area (Å²) in [6.07, 6.45) is 0. The SMILES string of the molecule is CCOc1cccc2c1C(C)CNC2. The van der Waals surface area contributed by atoms with Crippen LogP contribution in [-0.4, -0.2) is 13.2 Å². The number of ether oxygens (including phenoxy) is 1. The molecule has 0 saturated heterocycles. The van der Waals surface area contributed by atoms with Gasteiger partial charge in [0.2, 0.25) is 0 Å². The second kappa shape index (κ2) is 4.01.